The Kier molecular flexibility index (Phi) is 4.65. The van der Waals surface area contributed by atoms with Gasteiger partial charge in [0.05, 0.1) is 11.1 Å². The van der Waals surface area contributed by atoms with Crippen molar-refractivity contribution in [2.24, 2.45) is 0 Å². The number of amides is 1. The van der Waals surface area contributed by atoms with Gasteiger partial charge in [0, 0.05) is 25.8 Å². The fourth-order valence-corrected chi connectivity index (χ4v) is 1.45. The van der Waals surface area contributed by atoms with E-state index in [1.165, 1.54) is 17.2 Å². The molecule has 0 aromatic carbocycles. The Morgan fingerprint density at radius 3 is 2.82 bits per heavy atom. The lowest BCUT2D eigenvalue weighted by Gasteiger charge is -2.19. The zero-order valence-electron chi connectivity index (χ0n) is 9.55. The monoisotopic (exact) mass is 241 g/mol. The van der Waals surface area contributed by atoms with Crippen LogP contribution in [-0.2, 0) is 0 Å². The number of carbonyl (C=O) groups excluding carboxylic acids is 1. The molecule has 0 saturated heterocycles. The van der Waals surface area contributed by atoms with Gasteiger partial charge < -0.3 is 15.0 Å². The number of H-pyrrole nitrogens is 1. The van der Waals surface area contributed by atoms with Crippen LogP contribution < -0.4 is 0 Å². The molecule has 0 aliphatic heterocycles. The number of hydrogen-bond acceptors (Lipinski definition) is 4. The van der Waals surface area contributed by atoms with Gasteiger partial charge in [0.1, 0.15) is 5.69 Å². The molecule has 17 heavy (non-hydrogen) atoms. The third-order valence-corrected chi connectivity index (χ3v) is 2.36. The smallest absolute Gasteiger partial charge is 0.287 e. The van der Waals surface area contributed by atoms with E-state index >= 15 is 0 Å². The van der Waals surface area contributed by atoms with Crippen molar-refractivity contribution in [3.63, 3.8) is 0 Å². The van der Waals surface area contributed by atoms with Crippen LogP contribution in [0.2, 0.25) is 0 Å². The van der Waals surface area contributed by atoms with Gasteiger partial charge in [0.15, 0.2) is 0 Å². The molecule has 0 saturated carbocycles. The van der Waals surface area contributed by atoms with E-state index in [0.717, 1.165) is 0 Å². The highest BCUT2D eigenvalue weighted by atomic mass is 16.6. The van der Waals surface area contributed by atoms with Crippen molar-refractivity contribution in [3.05, 3.63) is 28.1 Å². The van der Waals surface area contributed by atoms with E-state index in [2.05, 4.69) is 4.98 Å². The Morgan fingerprint density at radius 2 is 2.35 bits per heavy atom. The zero-order chi connectivity index (χ0) is 12.8. The van der Waals surface area contributed by atoms with Gasteiger partial charge in [-0.15, -0.1) is 0 Å². The summed E-state index contributed by atoms with van der Waals surface area (Å²) in [6, 6.07) is 1.21. The van der Waals surface area contributed by atoms with E-state index < -0.39 is 4.92 Å². The lowest BCUT2D eigenvalue weighted by molar-refractivity contribution is -0.384. The Morgan fingerprint density at radius 1 is 1.65 bits per heavy atom. The number of rotatable bonds is 6. The average Bonchev–Trinajstić information content (AvgIpc) is 2.79. The molecular weight excluding hydrogens is 226 g/mol. The first-order chi connectivity index (χ1) is 8.10. The topological polar surface area (TPSA) is 99.5 Å². The second-order valence-corrected chi connectivity index (χ2v) is 3.49. The third-order valence-electron chi connectivity index (χ3n) is 2.36. The predicted octanol–water partition coefficient (Wildman–Crippen LogP) is 0.767. The standard InChI is InChI=1S/C10H15N3O4/c1-2-12(4-3-5-14)10(15)9-6-8(7-11-9)13(16)17/h6-7,11,14H,2-5H2,1H3. The minimum atomic E-state index is -0.558. The largest absolute Gasteiger partial charge is 0.396 e. The van der Waals surface area contributed by atoms with E-state index in [-0.39, 0.29) is 23.9 Å². The van der Waals surface area contributed by atoms with Crippen LogP contribution in [0.5, 0.6) is 0 Å². The summed E-state index contributed by atoms with van der Waals surface area (Å²) in [6.45, 7) is 2.74. The average molecular weight is 241 g/mol. The van der Waals surface area contributed by atoms with E-state index in [9.17, 15) is 14.9 Å². The number of nitro groups is 1. The van der Waals surface area contributed by atoms with Crippen LogP contribution in [0.1, 0.15) is 23.8 Å². The van der Waals surface area contributed by atoms with Crippen molar-refractivity contribution < 1.29 is 14.8 Å². The summed E-state index contributed by atoms with van der Waals surface area (Å²) in [4.78, 5) is 25.9. The molecule has 0 fully saturated rings. The Hall–Kier alpha value is -1.89. The number of nitrogens with zero attached hydrogens (tertiary/aromatic N) is 2. The summed E-state index contributed by atoms with van der Waals surface area (Å²) >= 11 is 0. The Labute approximate surface area is 98.2 Å². The minimum absolute atomic E-state index is 0.00859. The highest BCUT2D eigenvalue weighted by Crippen LogP contribution is 2.13. The molecule has 1 heterocycles. The van der Waals surface area contributed by atoms with Crippen molar-refractivity contribution in [1.82, 2.24) is 9.88 Å². The van der Waals surface area contributed by atoms with E-state index in [4.69, 9.17) is 5.11 Å². The summed E-state index contributed by atoms with van der Waals surface area (Å²) in [6.07, 6.45) is 1.68. The van der Waals surface area contributed by atoms with Crippen LogP contribution >= 0.6 is 0 Å². The fourth-order valence-electron chi connectivity index (χ4n) is 1.45. The molecule has 94 valence electrons. The highest BCUT2D eigenvalue weighted by molar-refractivity contribution is 5.93. The molecule has 0 spiro atoms. The number of hydrogen-bond donors (Lipinski definition) is 2. The number of carbonyl (C=O) groups is 1. The van der Waals surface area contributed by atoms with E-state index in [1.54, 1.807) is 0 Å². The molecule has 1 aromatic rings. The zero-order valence-corrected chi connectivity index (χ0v) is 9.55. The molecule has 1 aromatic heterocycles. The highest BCUT2D eigenvalue weighted by Gasteiger charge is 2.18. The van der Waals surface area contributed by atoms with Gasteiger partial charge in [-0.25, -0.2) is 0 Å². The first-order valence-electron chi connectivity index (χ1n) is 5.33. The van der Waals surface area contributed by atoms with Crippen molar-refractivity contribution in [2.45, 2.75) is 13.3 Å². The maximum Gasteiger partial charge on any atom is 0.287 e. The van der Waals surface area contributed by atoms with Crippen molar-refractivity contribution in [1.29, 1.82) is 0 Å². The molecule has 0 aliphatic carbocycles. The molecule has 0 bridgehead atoms. The van der Waals surface area contributed by atoms with Crippen molar-refractivity contribution >= 4 is 11.6 Å². The summed E-state index contributed by atoms with van der Waals surface area (Å²) in [5, 5.41) is 19.2. The van der Waals surface area contributed by atoms with Gasteiger partial charge in [-0.3, -0.25) is 14.9 Å². The lowest BCUT2D eigenvalue weighted by Crippen LogP contribution is -2.32. The molecule has 7 nitrogen and oxygen atoms in total. The van der Waals surface area contributed by atoms with Crippen LogP contribution in [0.3, 0.4) is 0 Å². The van der Waals surface area contributed by atoms with Gasteiger partial charge in [-0.1, -0.05) is 0 Å². The maximum atomic E-state index is 11.9. The quantitative estimate of drug-likeness (QED) is 0.567. The second kappa shape index (κ2) is 6.00. The minimum Gasteiger partial charge on any atom is -0.396 e. The van der Waals surface area contributed by atoms with Crippen LogP contribution in [-0.4, -0.2) is 45.5 Å². The van der Waals surface area contributed by atoms with Crippen LogP contribution in [0.15, 0.2) is 12.3 Å². The number of aromatic nitrogens is 1. The molecule has 1 amide bonds. The van der Waals surface area contributed by atoms with Crippen molar-refractivity contribution in [3.8, 4) is 0 Å². The normalized spacial score (nSPS) is 10.2. The van der Waals surface area contributed by atoms with E-state index in [0.29, 0.717) is 19.5 Å². The molecule has 0 aliphatic rings. The van der Waals surface area contributed by atoms with Crippen LogP contribution in [0.25, 0.3) is 0 Å². The maximum absolute atomic E-state index is 11.9. The summed E-state index contributed by atoms with van der Waals surface area (Å²) in [7, 11) is 0. The molecule has 1 rings (SSSR count). The van der Waals surface area contributed by atoms with Gasteiger partial charge >= 0.3 is 0 Å². The van der Waals surface area contributed by atoms with Gasteiger partial charge in [0.25, 0.3) is 11.6 Å². The third kappa shape index (κ3) is 3.28. The number of aliphatic hydroxyl groups is 1. The molecular formula is C10H15N3O4. The lowest BCUT2D eigenvalue weighted by atomic mass is 10.3. The van der Waals surface area contributed by atoms with E-state index in [1.807, 2.05) is 6.92 Å². The SMILES string of the molecule is CCN(CCCO)C(=O)c1cc([N+](=O)[O-])c[nH]1. The van der Waals surface area contributed by atoms with Crippen LogP contribution in [0, 0.1) is 10.1 Å². The summed E-state index contributed by atoms with van der Waals surface area (Å²) in [5.41, 5.74) is 0.0584. The van der Waals surface area contributed by atoms with Gasteiger partial charge in [-0.05, 0) is 13.3 Å². The summed E-state index contributed by atoms with van der Waals surface area (Å²) in [5.74, 6) is -0.297. The molecule has 0 atom stereocenters. The fraction of sp³-hybridized carbons (Fsp3) is 0.500. The molecule has 0 radical (unpaired) electrons. The second-order valence-electron chi connectivity index (χ2n) is 3.49. The van der Waals surface area contributed by atoms with Gasteiger partial charge in [-0.2, -0.15) is 0 Å². The molecule has 2 N–H and O–H groups in total. The molecule has 7 heteroatoms. The number of nitrogens with one attached hydrogen (secondary N) is 1. The van der Waals surface area contributed by atoms with Crippen LogP contribution in [0.4, 0.5) is 5.69 Å². The Bertz CT molecular complexity index is 402. The molecule has 0 unspecified atom stereocenters. The van der Waals surface area contributed by atoms with Gasteiger partial charge in [0.2, 0.25) is 0 Å². The first-order valence-corrected chi connectivity index (χ1v) is 5.33. The number of aliphatic hydroxyl groups excluding tert-OH is 1. The number of aromatic amines is 1. The van der Waals surface area contributed by atoms with Crippen molar-refractivity contribution in [2.75, 3.05) is 19.7 Å². The first kappa shape index (κ1) is 13.2. The summed E-state index contributed by atoms with van der Waals surface area (Å²) < 4.78 is 0. The Balaban J connectivity index is 2.75. The predicted molar refractivity (Wildman–Crippen MR) is 60.7 cm³/mol.